The van der Waals surface area contributed by atoms with Crippen LogP contribution in [0.15, 0.2) is 46.2 Å². The summed E-state index contributed by atoms with van der Waals surface area (Å²) in [5, 5.41) is 2.93. The molecule has 4 rings (SSSR count). The normalized spacial score (nSPS) is 19.1. The van der Waals surface area contributed by atoms with E-state index in [4.69, 9.17) is 14.2 Å². The molecular weight excluding hydrogens is 428 g/mol. The maximum atomic E-state index is 13.0. The summed E-state index contributed by atoms with van der Waals surface area (Å²) in [4.78, 5) is 28.7. The van der Waals surface area contributed by atoms with Crippen molar-refractivity contribution in [2.45, 2.75) is 23.8 Å². The molecule has 2 aliphatic rings. The van der Waals surface area contributed by atoms with Crippen molar-refractivity contribution in [3.05, 3.63) is 52.4 Å². The zero-order chi connectivity index (χ0) is 22.7. The Morgan fingerprint density at radius 1 is 1.22 bits per heavy atom. The molecule has 0 bridgehead atoms. The number of benzene rings is 2. The second-order valence-electron chi connectivity index (χ2n) is 7.62. The minimum atomic E-state index is -0.166. The Balaban J connectivity index is 1.53. The van der Waals surface area contributed by atoms with Gasteiger partial charge in [-0.3, -0.25) is 9.59 Å². The van der Waals surface area contributed by atoms with Crippen LogP contribution in [0.1, 0.15) is 28.8 Å². The number of nitrogens with one attached hydrogen (secondary N) is 1. The highest BCUT2D eigenvalue weighted by Gasteiger charge is 2.27. The first-order valence-corrected chi connectivity index (χ1v) is 11.3. The van der Waals surface area contributed by atoms with E-state index in [-0.39, 0.29) is 17.9 Å². The number of carbonyl (C=O) groups excluding carboxylic acids is 2. The molecule has 1 fully saturated rings. The van der Waals surface area contributed by atoms with E-state index in [2.05, 4.69) is 5.32 Å². The average Bonchev–Trinajstić information content (AvgIpc) is 3.34. The summed E-state index contributed by atoms with van der Waals surface area (Å²) < 4.78 is 16.2. The maximum Gasteiger partial charge on any atom is 0.264 e. The summed E-state index contributed by atoms with van der Waals surface area (Å²) in [6.07, 6.45) is 3.91. The van der Waals surface area contributed by atoms with Crippen molar-refractivity contribution in [3.8, 4) is 11.5 Å². The fourth-order valence-electron chi connectivity index (χ4n) is 3.74. The molecule has 0 aliphatic carbocycles. The Kier molecular flexibility index (Phi) is 6.72. The molecule has 1 N–H and O–H groups in total. The van der Waals surface area contributed by atoms with Crippen molar-refractivity contribution in [3.63, 3.8) is 0 Å². The van der Waals surface area contributed by atoms with Crippen LogP contribution in [0.4, 0.5) is 5.69 Å². The average molecular weight is 455 g/mol. The number of hydrogen-bond donors (Lipinski definition) is 1. The van der Waals surface area contributed by atoms with Crippen LogP contribution in [0.3, 0.4) is 0 Å². The van der Waals surface area contributed by atoms with Crippen LogP contribution >= 0.6 is 11.8 Å². The first kappa shape index (κ1) is 22.2. The van der Waals surface area contributed by atoms with Gasteiger partial charge in [-0.25, -0.2) is 0 Å². The Morgan fingerprint density at radius 3 is 2.75 bits per heavy atom. The molecule has 2 aromatic carbocycles. The molecule has 2 heterocycles. The summed E-state index contributed by atoms with van der Waals surface area (Å²) in [7, 11) is 4.88. The van der Waals surface area contributed by atoms with Gasteiger partial charge in [0.05, 0.1) is 30.9 Å². The highest BCUT2D eigenvalue weighted by Crippen LogP contribution is 2.42. The molecule has 7 nitrogen and oxygen atoms in total. The van der Waals surface area contributed by atoms with Crippen LogP contribution in [0.5, 0.6) is 11.5 Å². The standard InChI is InChI=1S/C24H26N2O5S/c1-26-18-13-16(23(27)25-14-17-5-4-10-31-17)7-9-21(18)32-22(24(26)28)12-15-6-8-19(29-2)20(11-15)30-3/h6-9,11-13,17H,4-5,10,14H2,1-3H3,(H,25,27)/b22-12-. The number of likely N-dealkylation sites (N-methyl/N-ethyl adjacent to an activating group) is 1. The van der Waals surface area contributed by atoms with Gasteiger partial charge in [0.1, 0.15) is 0 Å². The molecule has 8 heteroatoms. The summed E-state index contributed by atoms with van der Waals surface area (Å²) >= 11 is 1.39. The van der Waals surface area contributed by atoms with Gasteiger partial charge < -0.3 is 24.4 Å². The van der Waals surface area contributed by atoms with E-state index in [1.165, 1.54) is 11.8 Å². The number of ether oxygens (including phenoxy) is 3. The minimum absolute atomic E-state index is 0.0839. The van der Waals surface area contributed by atoms with Gasteiger partial charge in [-0.05, 0) is 54.8 Å². The number of anilines is 1. The van der Waals surface area contributed by atoms with Gasteiger partial charge in [0, 0.05) is 30.7 Å². The zero-order valence-corrected chi connectivity index (χ0v) is 19.2. The van der Waals surface area contributed by atoms with Crippen molar-refractivity contribution in [2.24, 2.45) is 0 Å². The van der Waals surface area contributed by atoms with Crippen LogP contribution in [0.2, 0.25) is 0 Å². The lowest BCUT2D eigenvalue weighted by Gasteiger charge is -2.27. The molecule has 168 valence electrons. The highest BCUT2D eigenvalue weighted by atomic mass is 32.2. The van der Waals surface area contributed by atoms with E-state index >= 15 is 0 Å². The van der Waals surface area contributed by atoms with Gasteiger partial charge >= 0.3 is 0 Å². The molecule has 2 aliphatic heterocycles. The minimum Gasteiger partial charge on any atom is -0.493 e. The predicted molar refractivity (Wildman–Crippen MR) is 125 cm³/mol. The van der Waals surface area contributed by atoms with Gasteiger partial charge in [-0.15, -0.1) is 0 Å². The maximum absolute atomic E-state index is 13.0. The van der Waals surface area contributed by atoms with Crippen LogP contribution in [-0.2, 0) is 9.53 Å². The first-order valence-electron chi connectivity index (χ1n) is 10.4. The van der Waals surface area contributed by atoms with E-state index < -0.39 is 0 Å². The Hall–Kier alpha value is -2.97. The Morgan fingerprint density at radius 2 is 2.03 bits per heavy atom. The lowest BCUT2D eigenvalue weighted by molar-refractivity contribution is -0.114. The van der Waals surface area contributed by atoms with E-state index in [9.17, 15) is 9.59 Å². The van der Waals surface area contributed by atoms with Gasteiger partial charge in [0.25, 0.3) is 11.8 Å². The topological polar surface area (TPSA) is 77.1 Å². The molecule has 2 amide bonds. The fraction of sp³-hybridized carbons (Fsp3) is 0.333. The van der Waals surface area contributed by atoms with E-state index in [1.54, 1.807) is 38.3 Å². The van der Waals surface area contributed by atoms with Gasteiger partial charge in [-0.2, -0.15) is 0 Å². The summed E-state index contributed by atoms with van der Waals surface area (Å²) in [6.45, 7) is 1.25. The van der Waals surface area contributed by atoms with Crippen molar-refractivity contribution < 1.29 is 23.8 Å². The molecule has 0 saturated carbocycles. The SMILES string of the molecule is COc1ccc(/C=C2\Sc3ccc(C(=O)NCC4CCCO4)cc3N(C)C2=O)cc1OC. The molecule has 1 unspecified atom stereocenters. The third-order valence-electron chi connectivity index (χ3n) is 5.54. The molecule has 1 saturated heterocycles. The van der Waals surface area contributed by atoms with Crippen molar-refractivity contribution in [1.29, 1.82) is 0 Å². The quantitative estimate of drug-likeness (QED) is 0.671. The van der Waals surface area contributed by atoms with Crippen molar-refractivity contribution >= 4 is 35.3 Å². The van der Waals surface area contributed by atoms with Gasteiger partial charge in [0.2, 0.25) is 0 Å². The predicted octanol–water partition coefficient (Wildman–Crippen LogP) is 3.72. The second kappa shape index (κ2) is 9.67. The number of rotatable bonds is 6. The Labute approximate surface area is 191 Å². The molecule has 0 aromatic heterocycles. The first-order chi connectivity index (χ1) is 15.5. The molecule has 0 spiro atoms. The molecule has 0 radical (unpaired) electrons. The third kappa shape index (κ3) is 4.61. The van der Waals surface area contributed by atoms with E-state index in [0.717, 1.165) is 29.9 Å². The lowest BCUT2D eigenvalue weighted by Crippen LogP contribution is -2.33. The summed E-state index contributed by atoms with van der Waals surface area (Å²) in [6, 6.07) is 10.9. The van der Waals surface area contributed by atoms with Gasteiger partial charge in [-0.1, -0.05) is 17.8 Å². The van der Waals surface area contributed by atoms with E-state index in [0.29, 0.717) is 34.2 Å². The number of hydrogen-bond acceptors (Lipinski definition) is 6. The van der Waals surface area contributed by atoms with Crippen molar-refractivity contribution in [2.75, 3.05) is 39.3 Å². The third-order valence-corrected chi connectivity index (χ3v) is 6.61. The number of thioether (sulfide) groups is 1. The number of fused-ring (bicyclic) bond motifs is 1. The van der Waals surface area contributed by atoms with Crippen LogP contribution < -0.4 is 19.7 Å². The number of methoxy groups -OCH3 is 2. The number of nitrogens with zero attached hydrogens (tertiary/aromatic N) is 1. The Bertz CT molecular complexity index is 1060. The van der Waals surface area contributed by atoms with E-state index in [1.807, 2.05) is 30.3 Å². The summed E-state index contributed by atoms with van der Waals surface area (Å²) in [5.41, 5.74) is 2.07. The second-order valence-corrected chi connectivity index (χ2v) is 8.70. The molecule has 32 heavy (non-hydrogen) atoms. The number of amides is 2. The molecule has 1 atom stereocenters. The highest BCUT2D eigenvalue weighted by molar-refractivity contribution is 8.04. The number of carbonyl (C=O) groups is 2. The van der Waals surface area contributed by atoms with Gasteiger partial charge in [0.15, 0.2) is 11.5 Å². The monoisotopic (exact) mass is 454 g/mol. The summed E-state index contributed by atoms with van der Waals surface area (Å²) in [5.74, 6) is 0.933. The fourth-order valence-corrected chi connectivity index (χ4v) is 4.84. The molecular formula is C24H26N2O5S. The van der Waals surface area contributed by atoms with Crippen LogP contribution in [0, 0.1) is 0 Å². The van der Waals surface area contributed by atoms with Crippen molar-refractivity contribution in [1.82, 2.24) is 5.32 Å². The van der Waals surface area contributed by atoms with Crippen LogP contribution in [0.25, 0.3) is 6.08 Å². The zero-order valence-electron chi connectivity index (χ0n) is 18.3. The molecule has 2 aromatic rings. The largest absolute Gasteiger partial charge is 0.493 e. The lowest BCUT2D eigenvalue weighted by atomic mass is 10.1. The van der Waals surface area contributed by atoms with Crippen LogP contribution in [-0.4, -0.2) is 52.3 Å². The smallest absolute Gasteiger partial charge is 0.264 e.